The molecule has 0 aromatic rings. The van der Waals surface area contributed by atoms with Gasteiger partial charge >= 0.3 is 47.4 Å². The van der Waals surface area contributed by atoms with Crippen LogP contribution in [0.1, 0.15) is 0 Å². The summed E-state index contributed by atoms with van der Waals surface area (Å²) in [5.74, 6) is 0. The monoisotopic (exact) mass is 213 g/mol. The second-order valence-electron chi connectivity index (χ2n) is 0.101. The molecule has 1 radical (unpaired) electrons. The first-order valence-corrected chi connectivity index (χ1v) is 11.5. The van der Waals surface area contributed by atoms with Gasteiger partial charge in [0, 0.05) is 0 Å². The third-order valence-corrected chi connectivity index (χ3v) is 0. The Kier molecular flexibility index (Phi) is 21.3. The van der Waals surface area contributed by atoms with Gasteiger partial charge in [-0.05, 0) is 0 Å². The van der Waals surface area contributed by atoms with E-state index < -0.39 is 0 Å². The maximum absolute atomic E-state index is 3.25. The zero-order chi connectivity index (χ0) is 2.71. The van der Waals surface area contributed by atoms with E-state index in [0.717, 1.165) is 0 Å². The summed E-state index contributed by atoms with van der Waals surface area (Å²) in [5.41, 5.74) is 0. The van der Waals surface area contributed by atoms with Gasteiger partial charge in [-0.3, -0.25) is 0 Å². The molecule has 0 bridgehead atoms. The van der Waals surface area contributed by atoms with E-state index in [1.165, 1.54) is 0 Å². The molecule has 0 aliphatic carbocycles. The Morgan fingerprint density at radius 3 is 1.25 bits per heavy atom. The minimum Gasteiger partial charge on any atom is -0.0683 e. The standard InChI is InChI=1S/CH3.2BrH.Ca/h1H3;2*1H;/q;;;+2/p-2. The van der Waals surface area contributed by atoms with Gasteiger partial charge in [-0.2, -0.15) is 0 Å². The quantitative estimate of drug-likeness (QED) is 0.540. The van der Waals surface area contributed by atoms with E-state index in [4.69, 9.17) is 0 Å². The van der Waals surface area contributed by atoms with Gasteiger partial charge in [0.15, 0.2) is 0 Å². The molecule has 0 fully saturated rings. The second kappa shape index (κ2) is 8.97. The van der Waals surface area contributed by atoms with Crippen molar-refractivity contribution < 1.29 is 0 Å². The van der Waals surface area contributed by atoms with E-state index >= 15 is 0 Å². The van der Waals surface area contributed by atoms with Crippen molar-refractivity contribution >= 4 is 47.4 Å². The van der Waals surface area contributed by atoms with Crippen LogP contribution >= 0.6 is 19.4 Å². The Morgan fingerprint density at radius 1 is 1.25 bits per heavy atom. The van der Waals surface area contributed by atoms with Crippen LogP contribution in [0.15, 0.2) is 0 Å². The molecule has 0 rings (SSSR count). The first-order chi connectivity index (χ1) is 1.41. The maximum Gasteiger partial charge on any atom is -0.0683 e. The average Bonchev–Trinajstić information content (AvgIpc) is 0.918. The normalized spacial score (nSPS) is 2.50. The fourth-order valence-corrected chi connectivity index (χ4v) is 0. The van der Waals surface area contributed by atoms with Crippen LogP contribution in [0.25, 0.3) is 0 Å². The van der Waals surface area contributed by atoms with Gasteiger partial charge in [-0.25, -0.2) is 0 Å². The Morgan fingerprint density at radius 2 is 1.25 bits per heavy atom. The van der Waals surface area contributed by atoms with Gasteiger partial charge < -0.3 is 0 Å². The van der Waals surface area contributed by atoms with Crippen LogP contribution in [0, 0.1) is 7.43 Å². The summed E-state index contributed by atoms with van der Waals surface area (Å²) in [6.07, 6.45) is 0. The molecule has 0 atom stereocenters. The minimum atomic E-state index is -0.250. The number of halogens is 2. The minimum absolute atomic E-state index is 0. The third kappa shape index (κ3) is 8.88. The molecular formula is CH3Br2Ca. The van der Waals surface area contributed by atoms with Gasteiger partial charge in [0.25, 0.3) is 0 Å². The maximum atomic E-state index is 3.25. The average molecular weight is 215 g/mol. The van der Waals surface area contributed by atoms with E-state index in [0.29, 0.717) is 0 Å². The molecule has 4 heavy (non-hydrogen) atoms. The van der Waals surface area contributed by atoms with Crippen molar-refractivity contribution in [3.8, 4) is 0 Å². The predicted molar refractivity (Wildman–Crippen MR) is 30.0 cm³/mol. The third-order valence-electron chi connectivity index (χ3n) is 0. The van der Waals surface area contributed by atoms with Gasteiger partial charge in [-0.1, -0.05) is 7.43 Å². The number of hydrogen-bond acceptors (Lipinski definition) is 0. The summed E-state index contributed by atoms with van der Waals surface area (Å²) >= 11 is -0.250. The smallest absolute Gasteiger partial charge is 0.0683 e. The molecule has 3 heteroatoms. The fourth-order valence-electron chi connectivity index (χ4n) is 0. The number of hydrogen-bond donors (Lipinski definition) is 0. The molecule has 0 saturated carbocycles. The summed E-state index contributed by atoms with van der Waals surface area (Å²) in [4.78, 5) is 0. The number of rotatable bonds is 0. The van der Waals surface area contributed by atoms with Crippen LogP contribution in [-0.2, 0) is 0 Å². The van der Waals surface area contributed by atoms with Gasteiger partial charge in [0.05, 0.1) is 0 Å². The summed E-state index contributed by atoms with van der Waals surface area (Å²) in [6, 6.07) is 0. The SMILES string of the molecule is [Br][Ca][Br].[CH3]. The molecule has 23 valence electrons. The summed E-state index contributed by atoms with van der Waals surface area (Å²) in [7, 11) is 6.50. The molecule has 0 spiro atoms. The van der Waals surface area contributed by atoms with Crippen molar-refractivity contribution in [3.63, 3.8) is 0 Å². The first kappa shape index (κ1) is 9.52. The zero-order valence-corrected chi connectivity index (χ0v) is 7.84. The molecular weight excluding hydrogens is 212 g/mol. The molecule has 0 N–H and O–H groups in total. The molecule has 0 aliphatic rings. The van der Waals surface area contributed by atoms with Crippen LogP contribution in [0.3, 0.4) is 0 Å². The predicted octanol–water partition coefficient (Wildman–Crippen LogP) is 1.76. The fraction of sp³-hybridized carbons (Fsp3) is 0. The molecule has 0 saturated heterocycles. The van der Waals surface area contributed by atoms with Crippen LogP contribution in [0.2, 0.25) is 0 Å². The van der Waals surface area contributed by atoms with E-state index in [1.807, 2.05) is 0 Å². The molecule has 0 heterocycles. The van der Waals surface area contributed by atoms with E-state index in [9.17, 15) is 0 Å². The van der Waals surface area contributed by atoms with Crippen molar-refractivity contribution in [1.29, 1.82) is 0 Å². The van der Waals surface area contributed by atoms with Crippen LogP contribution in [0.5, 0.6) is 0 Å². The second-order valence-corrected chi connectivity index (χ2v) is 11.2. The van der Waals surface area contributed by atoms with E-state index in [1.54, 1.807) is 0 Å². The zero-order valence-electron chi connectivity index (χ0n) is 2.46. The van der Waals surface area contributed by atoms with Crippen molar-refractivity contribution in [3.05, 3.63) is 7.43 Å². The summed E-state index contributed by atoms with van der Waals surface area (Å²) < 4.78 is 0. The van der Waals surface area contributed by atoms with Crippen molar-refractivity contribution in [2.45, 2.75) is 0 Å². The van der Waals surface area contributed by atoms with E-state index in [-0.39, 0.29) is 35.4 Å². The summed E-state index contributed by atoms with van der Waals surface area (Å²) in [6.45, 7) is 0. The Bertz CT molecular complexity index is 6.00. The molecule has 0 aromatic carbocycles. The van der Waals surface area contributed by atoms with E-state index in [2.05, 4.69) is 19.4 Å². The van der Waals surface area contributed by atoms with Gasteiger partial charge in [0.1, 0.15) is 0 Å². The summed E-state index contributed by atoms with van der Waals surface area (Å²) in [5, 5.41) is 0. The van der Waals surface area contributed by atoms with Crippen LogP contribution in [-0.4, -0.2) is 28.0 Å². The Labute approximate surface area is 53.5 Å². The topological polar surface area (TPSA) is 0 Å². The van der Waals surface area contributed by atoms with Gasteiger partial charge in [-0.15, -0.1) is 0 Å². The van der Waals surface area contributed by atoms with Crippen molar-refractivity contribution in [1.82, 2.24) is 0 Å². The molecule has 0 amide bonds. The molecule has 0 aromatic heterocycles. The van der Waals surface area contributed by atoms with Crippen molar-refractivity contribution in [2.75, 3.05) is 0 Å². The molecule has 0 aliphatic heterocycles. The molecule has 0 nitrogen and oxygen atoms in total. The largest absolute Gasteiger partial charge is 0.0683 e. The molecule has 0 unspecified atom stereocenters. The van der Waals surface area contributed by atoms with Crippen molar-refractivity contribution in [2.24, 2.45) is 0 Å². The van der Waals surface area contributed by atoms with Gasteiger partial charge in [0.2, 0.25) is 0 Å². The van der Waals surface area contributed by atoms with Crippen LogP contribution in [0.4, 0.5) is 0 Å². The van der Waals surface area contributed by atoms with Crippen LogP contribution < -0.4 is 0 Å². The Hall–Kier alpha value is 2.22. The Balaban J connectivity index is 0. The first-order valence-electron chi connectivity index (χ1n) is 0.535.